The molecule has 2 fully saturated rings. The number of hydrogen-bond donors (Lipinski definition) is 2. The van der Waals surface area contributed by atoms with Crippen LogP contribution >= 0.6 is 7.92 Å². The normalized spacial score (nSPS) is 27.8. The fraction of sp³-hybridized carbons (Fsp3) is 1.00. The van der Waals surface area contributed by atoms with Crippen LogP contribution in [0.5, 0.6) is 0 Å². The highest BCUT2D eigenvalue weighted by Crippen LogP contribution is 2.67. The second-order valence-electron chi connectivity index (χ2n) is 5.53. The maximum absolute atomic E-state index is 10.8. The molecule has 0 amide bonds. The molecule has 2 aliphatic carbocycles. The maximum Gasteiger partial charge on any atom is 0.0862 e. The predicted octanol–water partition coefficient (Wildman–Crippen LogP) is 3.40. The summed E-state index contributed by atoms with van der Waals surface area (Å²) in [6, 6.07) is 0. The van der Waals surface area contributed by atoms with E-state index >= 15 is 0 Å². The Morgan fingerprint density at radius 3 is 1.56 bits per heavy atom. The van der Waals surface area contributed by atoms with E-state index in [0.717, 1.165) is 63.9 Å². The van der Waals surface area contributed by atoms with Gasteiger partial charge in [-0.25, -0.2) is 0 Å². The Kier molecular flexibility index (Phi) is 3.93. The molecule has 2 N–H and O–H groups in total. The van der Waals surface area contributed by atoms with Crippen molar-refractivity contribution in [3.63, 3.8) is 0 Å². The van der Waals surface area contributed by atoms with Gasteiger partial charge in [-0.1, -0.05) is 39.0 Å². The summed E-state index contributed by atoms with van der Waals surface area (Å²) in [6.45, 7) is 2.17. The molecule has 0 radical (unpaired) electrons. The van der Waals surface area contributed by atoms with E-state index in [4.69, 9.17) is 0 Å². The molecule has 2 nitrogen and oxygen atoms in total. The van der Waals surface area contributed by atoms with E-state index in [0.29, 0.717) is 0 Å². The van der Waals surface area contributed by atoms with Crippen molar-refractivity contribution in [2.45, 2.75) is 75.4 Å². The van der Waals surface area contributed by atoms with E-state index in [1.54, 1.807) is 0 Å². The summed E-state index contributed by atoms with van der Waals surface area (Å²) in [6.07, 6.45) is 10.5. The zero-order chi connectivity index (χ0) is 11.6. The van der Waals surface area contributed by atoms with Gasteiger partial charge in [0, 0.05) is 0 Å². The summed E-state index contributed by atoms with van der Waals surface area (Å²) in [5, 5.41) is 20.6. The number of hydrogen-bond acceptors (Lipinski definition) is 2. The van der Waals surface area contributed by atoms with Crippen molar-refractivity contribution in [2.75, 3.05) is 6.16 Å². The molecule has 0 saturated heterocycles. The topological polar surface area (TPSA) is 40.5 Å². The first kappa shape index (κ1) is 12.8. The molecule has 0 atom stereocenters. The monoisotopic (exact) mass is 244 g/mol. The van der Waals surface area contributed by atoms with Crippen LogP contribution in [0.25, 0.3) is 0 Å². The maximum atomic E-state index is 10.8. The molecular weight excluding hydrogens is 219 g/mol. The number of aliphatic hydroxyl groups is 2. The van der Waals surface area contributed by atoms with Crippen LogP contribution in [-0.4, -0.2) is 27.1 Å². The molecule has 16 heavy (non-hydrogen) atoms. The molecule has 0 aliphatic heterocycles. The molecule has 3 heteroatoms. The lowest BCUT2D eigenvalue weighted by atomic mass is 10.3. The molecule has 0 unspecified atom stereocenters. The fourth-order valence-electron chi connectivity index (χ4n) is 3.45. The van der Waals surface area contributed by atoms with E-state index in [9.17, 15) is 10.2 Å². The van der Waals surface area contributed by atoms with Gasteiger partial charge in [0.1, 0.15) is 0 Å². The van der Waals surface area contributed by atoms with Gasteiger partial charge in [0.15, 0.2) is 0 Å². The van der Waals surface area contributed by atoms with Crippen molar-refractivity contribution in [3.8, 4) is 0 Å². The zero-order valence-corrected chi connectivity index (χ0v) is 11.3. The molecular formula is C13H25O2P. The van der Waals surface area contributed by atoms with Gasteiger partial charge < -0.3 is 10.2 Å². The van der Waals surface area contributed by atoms with Gasteiger partial charge in [-0.15, -0.1) is 0 Å². The van der Waals surface area contributed by atoms with Gasteiger partial charge >= 0.3 is 0 Å². The minimum atomic E-state index is -0.616. The highest BCUT2D eigenvalue weighted by molar-refractivity contribution is 7.60. The van der Waals surface area contributed by atoms with E-state index < -0.39 is 18.6 Å². The van der Waals surface area contributed by atoms with Crippen molar-refractivity contribution in [3.05, 3.63) is 0 Å². The SMILES string of the molecule is CCCP(C1(O)CCCC1)C1(O)CCCC1. The fourth-order valence-corrected chi connectivity index (χ4v) is 7.22. The lowest BCUT2D eigenvalue weighted by molar-refractivity contribution is 0.0974. The van der Waals surface area contributed by atoms with Crippen LogP contribution in [-0.2, 0) is 0 Å². The second-order valence-corrected chi connectivity index (χ2v) is 8.50. The quantitative estimate of drug-likeness (QED) is 0.744. The summed E-state index contributed by atoms with van der Waals surface area (Å²) in [5.74, 6) is 0. The van der Waals surface area contributed by atoms with Gasteiger partial charge in [-0.2, -0.15) is 0 Å². The molecule has 2 aliphatic rings. The van der Waals surface area contributed by atoms with Crippen LogP contribution in [0, 0.1) is 0 Å². The zero-order valence-electron chi connectivity index (χ0n) is 10.4. The van der Waals surface area contributed by atoms with Crippen molar-refractivity contribution < 1.29 is 10.2 Å². The summed E-state index contributed by atoms with van der Waals surface area (Å²) >= 11 is 0. The Morgan fingerprint density at radius 1 is 0.875 bits per heavy atom. The second kappa shape index (κ2) is 4.92. The summed E-state index contributed by atoms with van der Waals surface area (Å²) in [7, 11) is -0.616. The molecule has 0 aromatic carbocycles. The Labute approximate surface area is 100 Å². The van der Waals surface area contributed by atoms with Crippen LogP contribution in [0.2, 0.25) is 0 Å². The number of rotatable bonds is 4. The molecule has 0 aromatic heterocycles. The third-order valence-corrected chi connectivity index (χ3v) is 8.06. The summed E-state index contributed by atoms with van der Waals surface area (Å²) < 4.78 is 0. The minimum Gasteiger partial charge on any atom is -0.385 e. The lowest BCUT2D eigenvalue weighted by Gasteiger charge is -2.43. The molecule has 0 heterocycles. The highest BCUT2D eigenvalue weighted by atomic mass is 31.1. The van der Waals surface area contributed by atoms with Gasteiger partial charge in [-0.3, -0.25) is 0 Å². The Morgan fingerprint density at radius 2 is 1.25 bits per heavy atom. The van der Waals surface area contributed by atoms with Gasteiger partial charge in [0.2, 0.25) is 0 Å². The highest BCUT2D eigenvalue weighted by Gasteiger charge is 2.50. The van der Waals surface area contributed by atoms with Crippen LogP contribution in [0.3, 0.4) is 0 Å². The predicted molar refractivity (Wildman–Crippen MR) is 68.9 cm³/mol. The summed E-state index contributed by atoms with van der Waals surface area (Å²) in [4.78, 5) is 0. The molecule has 0 spiro atoms. The van der Waals surface area contributed by atoms with Crippen molar-refractivity contribution in [2.24, 2.45) is 0 Å². The Hall–Kier alpha value is 0.350. The molecule has 0 bridgehead atoms. The Balaban J connectivity index is 2.15. The molecule has 2 rings (SSSR count). The minimum absolute atomic E-state index is 0.496. The average molecular weight is 244 g/mol. The molecule has 2 saturated carbocycles. The standard InChI is InChI=1S/C13H25O2P/c1-2-11-16(12(14)7-3-4-8-12)13(15)9-5-6-10-13/h14-15H,2-11H2,1H3. The lowest BCUT2D eigenvalue weighted by Crippen LogP contribution is -2.35. The van der Waals surface area contributed by atoms with Crippen LogP contribution < -0.4 is 0 Å². The first-order valence-electron chi connectivity index (χ1n) is 6.83. The molecule has 0 aromatic rings. The van der Waals surface area contributed by atoms with Gasteiger partial charge in [-0.05, 0) is 39.8 Å². The van der Waals surface area contributed by atoms with Crippen molar-refractivity contribution in [1.29, 1.82) is 0 Å². The van der Waals surface area contributed by atoms with E-state index in [1.807, 2.05) is 0 Å². The molecule has 94 valence electrons. The smallest absolute Gasteiger partial charge is 0.0862 e. The first-order chi connectivity index (χ1) is 7.61. The van der Waals surface area contributed by atoms with Crippen LogP contribution in [0.4, 0.5) is 0 Å². The van der Waals surface area contributed by atoms with Gasteiger partial charge in [0.05, 0.1) is 10.7 Å². The van der Waals surface area contributed by atoms with E-state index in [-0.39, 0.29) is 0 Å². The van der Waals surface area contributed by atoms with Crippen LogP contribution in [0.15, 0.2) is 0 Å². The van der Waals surface area contributed by atoms with Crippen LogP contribution in [0.1, 0.15) is 64.7 Å². The first-order valence-corrected chi connectivity index (χ1v) is 8.36. The Bertz CT molecular complexity index is 208. The van der Waals surface area contributed by atoms with E-state index in [1.165, 1.54) is 0 Å². The van der Waals surface area contributed by atoms with E-state index in [2.05, 4.69) is 6.92 Å². The average Bonchev–Trinajstić information content (AvgIpc) is 2.85. The van der Waals surface area contributed by atoms with Gasteiger partial charge in [0.25, 0.3) is 0 Å². The van der Waals surface area contributed by atoms with Crippen molar-refractivity contribution >= 4 is 7.92 Å². The third-order valence-electron chi connectivity index (χ3n) is 4.26. The third kappa shape index (κ3) is 2.30. The van der Waals surface area contributed by atoms with Crippen molar-refractivity contribution in [1.82, 2.24) is 0 Å². The largest absolute Gasteiger partial charge is 0.385 e. The summed E-state index contributed by atoms with van der Waals surface area (Å²) in [5.41, 5.74) is 0.